The van der Waals surface area contributed by atoms with Gasteiger partial charge in [-0.1, -0.05) is 24.3 Å². The Morgan fingerprint density at radius 2 is 1.96 bits per heavy atom. The minimum absolute atomic E-state index is 0.105. The van der Waals surface area contributed by atoms with Crippen molar-refractivity contribution in [3.05, 3.63) is 54.4 Å². The first-order valence-electron chi connectivity index (χ1n) is 8.96. The van der Waals surface area contributed by atoms with Crippen molar-refractivity contribution < 1.29 is 9.59 Å². The number of H-pyrrole nitrogens is 1. The van der Waals surface area contributed by atoms with Crippen molar-refractivity contribution >= 4 is 40.3 Å². The molecule has 0 aliphatic carbocycles. The SMILES string of the molecule is O=C(CC1Sc2ccccc2NC1=O)NCCCc1nc2ccccc2[nH]1. The number of aromatic nitrogens is 2. The third-order valence-electron chi connectivity index (χ3n) is 4.43. The fraction of sp³-hybridized carbons (Fsp3) is 0.250. The van der Waals surface area contributed by atoms with Gasteiger partial charge in [-0.15, -0.1) is 11.8 Å². The maximum absolute atomic E-state index is 12.2. The van der Waals surface area contributed by atoms with Gasteiger partial charge in [0.1, 0.15) is 5.82 Å². The molecule has 2 amide bonds. The number of hydrogen-bond acceptors (Lipinski definition) is 4. The van der Waals surface area contributed by atoms with E-state index in [9.17, 15) is 9.59 Å². The Balaban J connectivity index is 1.23. The molecule has 3 aromatic rings. The average Bonchev–Trinajstić information content (AvgIpc) is 3.09. The van der Waals surface area contributed by atoms with E-state index in [1.807, 2.05) is 48.5 Å². The molecule has 0 saturated heterocycles. The molecule has 0 saturated carbocycles. The van der Waals surface area contributed by atoms with Gasteiger partial charge in [-0.25, -0.2) is 4.98 Å². The molecule has 4 rings (SSSR count). The number of benzene rings is 2. The van der Waals surface area contributed by atoms with Crippen molar-refractivity contribution in [1.29, 1.82) is 0 Å². The molecule has 2 heterocycles. The zero-order chi connectivity index (χ0) is 18.6. The Kier molecular flexibility index (Phi) is 5.11. The first kappa shape index (κ1) is 17.6. The van der Waals surface area contributed by atoms with Crippen LogP contribution in [0.4, 0.5) is 5.69 Å². The van der Waals surface area contributed by atoms with Crippen molar-refractivity contribution in [2.24, 2.45) is 0 Å². The predicted octanol–water partition coefficient (Wildman–Crippen LogP) is 3.11. The number of carbonyl (C=O) groups is 2. The lowest BCUT2D eigenvalue weighted by atomic mass is 10.2. The second kappa shape index (κ2) is 7.84. The summed E-state index contributed by atoms with van der Waals surface area (Å²) in [6, 6.07) is 15.5. The van der Waals surface area contributed by atoms with Gasteiger partial charge >= 0.3 is 0 Å². The van der Waals surface area contributed by atoms with Crippen LogP contribution in [0.15, 0.2) is 53.4 Å². The third kappa shape index (κ3) is 4.14. The number of fused-ring (bicyclic) bond motifs is 2. The van der Waals surface area contributed by atoms with Crippen molar-refractivity contribution in [2.75, 3.05) is 11.9 Å². The van der Waals surface area contributed by atoms with Gasteiger partial charge in [0, 0.05) is 24.3 Å². The van der Waals surface area contributed by atoms with Crippen LogP contribution in [0.3, 0.4) is 0 Å². The Morgan fingerprint density at radius 1 is 1.15 bits per heavy atom. The summed E-state index contributed by atoms with van der Waals surface area (Å²) in [5.41, 5.74) is 2.80. The van der Waals surface area contributed by atoms with Gasteiger partial charge in [0.2, 0.25) is 11.8 Å². The van der Waals surface area contributed by atoms with Crippen LogP contribution in [0, 0.1) is 0 Å². The Hall–Kier alpha value is -2.80. The van der Waals surface area contributed by atoms with Crippen molar-refractivity contribution in [1.82, 2.24) is 15.3 Å². The molecule has 6 nitrogen and oxygen atoms in total. The quantitative estimate of drug-likeness (QED) is 0.574. The Morgan fingerprint density at radius 3 is 2.85 bits per heavy atom. The van der Waals surface area contributed by atoms with E-state index >= 15 is 0 Å². The number of amides is 2. The fourth-order valence-corrected chi connectivity index (χ4v) is 4.19. The molecule has 0 fully saturated rings. The van der Waals surface area contributed by atoms with Gasteiger partial charge < -0.3 is 15.6 Å². The minimum atomic E-state index is -0.393. The summed E-state index contributed by atoms with van der Waals surface area (Å²) in [7, 11) is 0. The second-order valence-electron chi connectivity index (χ2n) is 6.45. The van der Waals surface area contributed by atoms with Crippen LogP contribution < -0.4 is 10.6 Å². The van der Waals surface area contributed by atoms with E-state index in [-0.39, 0.29) is 18.2 Å². The molecule has 27 heavy (non-hydrogen) atoms. The number of rotatable bonds is 6. The first-order valence-corrected chi connectivity index (χ1v) is 9.84. The van der Waals surface area contributed by atoms with E-state index < -0.39 is 5.25 Å². The largest absolute Gasteiger partial charge is 0.356 e. The Bertz CT molecular complexity index is 952. The predicted molar refractivity (Wildman–Crippen MR) is 107 cm³/mol. The highest BCUT2D eigenvalue weighted by Crippen LogP contribution is 2.36. The molecular formula is C20H20N4O2S. The van der Waals surface area contributed by atoms with E-state index in [0.717, 1.165) is 40.3 Å². The van der Waals surface area contributed by atoms with E-state index in [2.05, 4.69) is 20.6 Å². The van der Waals surface area contributed by atoms with Crippen LogP contribution in [-0.4, -0.2) is 33.6 Å². The van der Waals surface area contributed by atoms with Gasteiger partial charge in [-0.3, -0.25) is 9.59 Å². The average molecular weight is 380 g/mol. The summed E-state index contributed by atoms with van der Waals surface area (Å²) < 4.78 is 0. The number of thioether (sulfide) groups is 1. The van der Waals surface area contributed by atoms with E-state index in [0.29, 0.717) is 6.54 Å². The van der Waals surface area contributed by atoms with Crippen LogP contribution in [0.25, 0.3) is 11.0 Å². The van der Waals surface area contributed by atoms with Gasteiger partial charge in [0.05, 0.1) is 22.0 Å². The molecule has 1 atom stereocenters. The van der Waals surface area contributed by atoms with E-state index in [1.54, 1.807) is 0 Å². The molecule has 0 bridgehead atoms. The summed E-state index contributed by atoms with van der Waals surface area (Å²) >= 11 is 1.44. The lowest BCUT2D eigenvalue weighted by Gasteiger charge is -2.23. The van der Waals surface area contributed by atoms with Crippen molar-refractivity contribution in [3.63, 3.8) is 0 Å². The number of aryl methyl sites for hydroxylation is 1. The minimum Gasteiger partial charge on any atom is -0.356 e. The number of nitrogens with one attached hydrogen (secondary N) is 3. The van der Waals surface area contributed by atoms with E-state index in [1.165, 1.54) is 11.8 Å². The second-order valence-corrected chi connectivity index (χ2v) is 7.69. The molecule has 0 spiro atoms. The molecule has 1 unspecified atom stereocenters. The number of aromatic amines is 1. The highest BCUT2D eigenvalue weighted by Gasteiger charge is 2.28. The highest BCUT2D eigenvalue weighted by molar-refractivity contribution is 8.01. The zero-order valence-corrected chi connectivity index (χ0v) is 15.5. The normalized spacial score (nSPS) is 16.0. The van der Waals surface area contributed by atoms with Crippen LogP contribution in [-0.2, 0) is 16.0 Å². The Labute approximate surface area is 161 Å². The molecule has 1 aliphatic heterocycles. The number of anilines is 1. The van der Waals surface area contributed by atoms with Gasteiger partial charge in [0.25, 0.3) is 0 Å². The molecular weight excluding hydrogens is 360 g/mol. The first-order chi connectivity index (χ1) is 13.2. The van der Waals surface area contributed by atoms with Gasteiger partial charge in [-0.05, 0) is 30.7 Å². The zero-order valence-electron chi connectivity index (χ0n) is 14.7. The summed E-state index contributed by atoms with van der Waals surface area (Å²) in [5.74, 6) is 0.701. The number of nitrogens with zero attached hydrogens (tertiary/aromatic N) is 1. The summed E-state index contributed by atoms with van der Waals surface area (Å²) in [6.07, 6.45) is 1.73. The monoisotopic (exact) mass is 380 g/mol. The van der Waals surface area contributed by atoms with Crippen molar-refractivity contribution in [2.45, 2.75) is 29.4 Å². The van der Waals surface area contributed by atoms with Crippen LogP contribution in [0.5, 0.6) is 0 Å². The number of para-hydroxylation sites is 3. The smallest absolute Gasteiger partial charge is 0.238 e. The molecule has 0 radical (unpaired) electrons. The molecule has 138 valence electrons. The summed E-state index contributed by atoms with van der Waals surface area (Å²) in [6.45, 7) is 0.561. The highest BCUT2D eigenvalue weighted by atomic mass is 32.2. The molecule has 7 heteroatoms. The topological polar surface area (TPSA) is 86.9 Å². The summed E-state index contributed by atoms with van der Waals surface area (Å²) in [5, 5.41) is 5.38. The molecule has 2 aromatic carbocycles. The number of imidazole rings is 1. The molecule has 1 aromatic heterocycles. The van der Waals surface area contributed by atoms with Crippen molar-refractivity contribution in [3.8, 4) is 0 Å². The number of hydrogen-bond donors (Lipinski definition) is 3. The van der Waals surface area contributed by atoms with Crippen LogP contribution in [0.1, 0.15) is 18.7 Å². The van der Waals surface area contributed by atoms with Gasteiger partial charge in [0.15, 0.2) is 0 Å². The fourth-order valence-electron chi connectivity index (χ4n) is 3.08. The number of carbonyl (C=O) groups excluding carboxylic acids is 2. The summed E-state index contributed by atoms with van der Waals surface area (Å²) in [4.78, 5) is 33.2. The standard InChI is InChI=1S/C20H20N4O2S/c25-19(12-17-20(26)24-15-8-3-4-9-16(15)27-17)21-11-5-10-18-22-13-6-1-2-7-14(13)23-18/h1-4,6-9,17H,5,10-12H2,(H,21,25)(H,22,23)(H,24,26). The molecule has 1 aliphatic rings. The van der Waals surface area contributed by atoms with Gasteiger partial charge in [-0.2, -0.15) is 0 Å². The van der Waals surface area contributed by atoms with Crippen LogP contribution in [0.2, 0.25) is 0 Å². The maximum atomic E-state index is 12.2. The lowest BCUT2D eigenvalue weighted by Crippen LogP contribution is -2.35. The molecule has 3 N–H and O–H groups in total. The van der Waals surface area contributed by atoms with Crippen LogP contribution >= 0.6 is 11.8 Å². The van der Waals surface area contributed by atoms with E-state index in [4.69, 9.17) is 0 Å². The maximum Gasteiger partial charge on any atom is 0.238 e. The lowest BCUT2D eigenvalue weighted by molar-refractivity contribution is -0.124. The third-order valence-corrected chi connectivity index (χ3v) is 5.70.